The van der Waals surface area contributed by atoms with Crippen molar-refractivity contribution in [3.05, 3.63) is 92.2 Å². The van der Waals surface area contributed by atoms with Gasteiger partial charge in [0.1, 0.15) is 23.9 Å². The molecular weight excluding hydrogens is 508 g/mol. The largest absolute Gasteiger partial charge is 0.502 e. The van der Waals surface area contributed by atoms with Crippen LogP contribution in [0.2, 0.25) is 0 Å². The van der Waals surface area contributed by atoms with Gasteiger partial charge in [0.05, 0.1) is 17.2 Å². The number of aromatic hydroxyl groups is 1. The molecule has 12 nitrogen and oxygen atoms in total. The number of halogens is 2. The van der Waals surface area contributed by atoms with E-state index in [2.05, 4.69) is 5.32 Å². The van der Waals surface area contributed by atoms with Crippen molar-refractivity contribution in [2.75, 3.05) is 31.9 Å². The van der Waals surface area contributed by atoms with Crippen LogP contribution in [0.15, 0.2) is 53.5 Å². The highest BCUT2D eigenvalue weighted by Crippen LogP contribution is 2.27. The Hall–Kier alpha value is -4.85. The predicted molar refractivity (Wildman–Crippen MR) is 127 cm³/mol. The fourth-order valence-electron chi connectivity index (χ4n) is 3.85. The molecule has 1 aromatic heterocycles. The minimum atomic E-state index is -1.13. The molecular formula is C24H22F2N5O7+. The van der Waals surface area contributed by atoms with E-state index in [1.165, 1.54) is 41.3 Å². The summed E-state index contributed by atoms with van der Waals surface area (Å²) in [5.74, 6) is -4.36. The Morgan fingerprint density at radius 3 is 2.50 bits per heavy atom. The SMILES string of the molecule is COCCN1CN(c2ccc([N+](=O)O)cc2)n2cc(C(=O)NCc3ccc(F)cc3F)c(=O)c(O)c2C1=O. The average molecular weight is 530 g/mol. The summed E-state index contributed by atoms with van der Waals surface area (Å²) < 4.78 is 33.3. The number of methoxy groups -OCH3 is 1. The molecule has 2 heterocycles. The number of fused-ring (bicyclic) bond motifs is 1. The third-order valence-electron chi connectivity index (χ3n) is 5.85. The number of benzene rings is 2. The number of carbonyl (C=O) groups is 2. The molecule has 0 unspecified atom stereocenters. The van der Waals surface area contributed by atoms with E-state index < -0.39 is 45.9 Å². The van der Waals surface area contributed by atoms with Crippen molar-refractivity contribution in [3.8, 4) is 5.75 Å². The number of nitrogens with zero attached hydrogens (tertiary/aromatic N) is 4. The van der Waals surface area contributed by atoms with Crippen molar-refractivity contribution in [1.29, 1.82) is 0 Å². The number of anilines is 1. The van der Waals surface area contributed by atoms with E-state index in [1.54, 1.807) is 0 Å². The number of pyridine rings is 1. The molecule has 0 bridgehead atoms. The second-order valence-corrected chi connectivity index (χ2v) is 8.22. The summed E-state index contributed by atoms with van der Waals surface area (Å²) in [6, 6.07) is 8.27. The Kier molecular flexibility index (Phi) is 7.34. The number of aromatic nitrogens is 1. The van der Waals surface area contributed by atoms with Crippen LogP contribution in [0.25, 0.3) is 0 Å². The number of amides is 2. The monoisotopic (exact) mass is 530 g/mol. The Labute approximate surface area is 213 Å². The lowest BCUT2D eigenvalue weighted by Gasteiger charge is -2.39. The van der Waals surface area contributed by atoms with E-state index in [4.69, 9.17) is 9.94 Å². The summed E-state index contributed by atoms with van der Waals surface area (Å²) in [5.41, 5.74) is -1.84. The van der Waals surface area contributed by atoms with Crippen molar-refractivity contribution >= 4 is 23.2 Å². The van der Waals surface area contributed by atoms with Gasteiger partial charge in [-0.3, -0.25) is 19.4 Å². The topological polar surface area (TPSA) is 144 Å². The van der Waals surface area contributed by atoms with E-state index in [0.29, 0.717) is 11.8 Å². The smallest absolute Gasteiger partial charge is 0.316 e. The maximum atomic E-state index is 14.0. The highest BCUT2D eigenvalue weighted by molar-refractivity contribution is 5.99. The standard InChI is InChI=1S/C24H21F2N5O7/c1-38-9-8-28-13-30(16-4-6-17(7-5-16)31(36)37)29-12-18(21(32)22(33)20(29)24(28)35)23(34)27-11-14-2-3-15(25)10-19(14)26/h2-7,10,12H,8-9,11,13H2,1H3,(H2-,27,33,34,35,36,37)/p+1. The predicted octanol–water partition coefficient (Wildman–Crippen LogP) is 1.89. The van der Waals surface area contributed by atoms with Gasteiger partial charge in [-0.05, 0) is 18.2 Å². The summed E-state index contributed by atoms with van der Waals surface area (Å²) in [7, 11) is 1.44. The van der Waals surface area contributed by atoms with Gasteiger partial charge < -0.3 is 20.1 Å². The molecule has 38 heavy (non-hydrogen) atoms. The van der Waals surface area contributed by atoms with Crippen LogP contribution in [-0.2, 0) is 11.3 Å². The lowest BCUT2D eigenvalue weighted by Crippen LogP contribution is -2.53. The van der Waals surface area contributed by atoms with Crippen LogP contribution in [0.3, 0.4) is 0 Å². The molecule has 0 atom stereocenters. The summed E-state index contributed by atoms with van der Waals surface area (Å²) >= 11 is 0. The van der Waals surface area contributed by atoms with Crippen LogP contribution < -0.4 is 15.8 Å². The van der Waals surface area contributed by atoms with Crippen LogP contribution in [0.5, 0.6) is 5.75 Å². The third-order valence-corrected chi connectivity index (χ3v) is 5.85. The molecule has 1 aliphatic heterocycles. The summed E-state index contributed by atoms with van der Waals surface area (Å²) in [4.78, 5) is 51.1. The van der Waals surface area contributed by atoms with Crippen molar-refractivity contribution < 1.29 is 38.3 Å². The summed E-state index contributed by atoms with van der Waals surface area (Å²) in [5, 5.41) is 23.6. The lowest BCUT2D eigenvalue weighted by molar-refractivity contribution is -0.729. The van der Waals surface area contributed by atoms with Gasteiger partial charge in [-0.1, -0.05) is 6.07 Å². The lowest BCUT2D eigenvalue weighted by atomic mass is 10.1. The zero-order valence-corrected chi connectivity index (χ0v) is 19.9. The van der Waals surface area contributed by atoms with E-state index in [-0.39, 0.29) is 42.5 Å². The molecule has 14 heteroatoms. The van der Waals surface area contributed by atoms with Gasteiger partial charge >= 0.3 is 5.69 Å². The number of rotatable bonds is 8. The molecule has 3 aromatic rings. The maximum Gasteiger partial charge on any atom is 0.316 e. The fourth-order valence-corrected chi connectivity index (χ4v) is 3.85. The van der Waals surface area contributed by atoms with E-state index in [1.807, 2.05) is 0 Å². The van der Waals surface area contributed by atoms with Crippen LogP contribution in [-0.4, -0.2) is 63.6 Å². The van der Waals surface area contributed by atoms with Crippen molar-refractivity contribution in [2.45, 2.75) is 6.54 Å². The Morgan fingerprint density at radius 1 is 1.16 bits per heavy atom. The maximum absolute atomic E-state index is 14.0. The first kappa shape index (κ1) is 26.2. The average Bonchev–Trinajstić information content (AvgIpc) is 2.89. The number of hydrogen-bond acceptors (Lipinski definition) is 7. The van der Waals surface area contributed by atoms with Crippen LogP contribution in [0.4, 0.5) is 20.2 Å². The van der Waals surface area contributed by atoms with E-state index in [9.17, 15) is 33.2 Å². The van der Waals surface area contributed by atoms with Gasteiger partial charge in [-0.2, -0.15) is 0 Å². The molecule has 0 radical (unpaired) electrons. The highest BCUT2D eigenvalue weighted by atomic mass is 19.1. The summed E-state index contributed by atoms with van der Waals surface area (Å²) in [6.07, 6.45) is 1.05. The molecule has 2 aromatic carbocycles. The quantitative estimate of drug-likeness (QED) is 0.375. The molecule has 0 aliphatic carbocycles. The summed E-state index contributed by atoms with van der Waals surface area (Å²) in [6.45, 7) is -0.221. The highest BCUT2D eigenvalue weighted by Gasteiger charge is 2.35. The van der Waals surface area contributed by atoms with Gasteiger partial charge in [-0.15, -0.1) is 0 Å². The molecule has 3 N–H and O–H groups in total. The first-order valence-corrected chi connectivity index (χ1v) is 11.1. The number of nitrogens with one attached hydrogen (secondary N) is 1. The molecule has 0 fully saturated rings. The van der Waals surface area contributed by atoms with Gasteiger partial charge in [0.15, 0.2) is 11.4 Å². The zero-order chi connectivity index (χ0) is 27.6. The van der Waals surface area contributed by atoms with Gasteiger partial charge in [0.2, 0.25) is 5.43 Å². The number of hydrogen-bond donors (Lipinski definition) is 3. The Morgan fingerprint density at radius 2 is 1.87 bits per heavy atom. The normalized spacial score (nSPS) is 12.9. The fraction of sp³-hybridized carbons (Fsp3) is 0.208. The second kappa shape index (κ2) is 10.6. The molecule has 0 spiro atoms. The first-order chi connectivity index (χ1) is 18.1. The number of carbonyl (C=O) groups excluding carboxylic acids is 2. The minimum Gasteiger partial charge on any atom is -0.502 e. The number of ether oxygens (including phenoxy) is 1. The second-order valence-electron chi connectivity index (χ2n) is 8.22. The minimum absolute atomic E-state index is 0.0380. The first-order valence-electron chi connectivity index (χ1n) is 11.1. The third kappa shape index (κ3) is 5.01. The van der Waals surface area contributed by atoms with Crippen LogP contribution in [0, 0.1) is 16.5 Å². The van der Waals surface area contributed by atoms with Gasteiger partial charge in [0, 0.05) is 50.2 Å². The molecule has 2 amide bonds. The Bertz CT molecular complexity index is 1480. The van der Waals surface area contributed by atoms with Crippen molar-refractivity contribution in [2.24, 2.45) is 0 Å². The van der Waals surface area contributed by atoms with Gasteiger partial charge in [-0.25, -0.2) is 18.7 Å². The molecule has 4 rings (SSSR count). The Balaban J connectivity index is 1.75. The molecule has 1 aliphatic rings. The zero-order valence-electron chi connectivity index (χ0n) is 19.9. The van der Waals surface area contributed by atoms with Crippen molar-refractivity contribution in [1.82, 2.24) is 14.9 Å². The molecule has 0 saturated carbocycles. The van der Waals surface area contributed by atoms with Crippen LogP contribution >= 0.6 is 0 Å². The van der Waals surface area contributed by atoms with Crippen molar-refractivity contribution in [3.63, 3.8) is 0 Å². The molecule has 0 saturated heterocycles. The van der Waals surface area contributed by atoms with Crippen LogP contribution in [0.1, 0.15) is 26.4 Å². The van der Waals surface area contributed by atoms with E-state index >= 15 is 0 Å². The molecule has 198 valence electrons. The van der Waals surface area contributed by atoms with Gasteiger partial charge in [0.25, 0.3) is 16.7 Å². The van der Waals surface area contributed by atoms with E-state index in [0.717, 1.165) is 23.0 Å².